The molecule has 0 bridgehead atoms. The third-order valence-corrected chi connectivity index (χ3v) is 6.24. The van der Waals surface area contributed by atoms with Crippen molar-refractivity contribution < 1.29 is 9.72 Å². The van der Waals surface area contributed by atoms with Crippen LogP contribution >= 0.6 is 12.2 Å². The summed E-state index contributed by atoms with van der Waals surface area (Å²) in [5, 5.41) is 14.5. The second kappa shape index (κ2) is 8.02. The summed E-state index contributed by atoms with van der Waals surface area (Å²) in [6, 6.07) is 8.64. The van der Waals surface area contributed by atoms with E-state index in [1.165, 1.54) is 18.6 Å². The predicted molar refractivity (Wildman–Crippen MR) is 119 cm³/mol. The summed E-state index contributed by atoms with van der Waals surface area (Å²) in [6.07, 6.45) is 7.32. The van der Waals surface area contributed by atoms with Crippen LogP contribution in [0.1, 0.15) is 49.1 Å². The maximum absolute atomic E-state index is 13.0. The molecule has 2 aromatic rings. The van der Waals surface area contributed by atoms with Crippen molar-refractivity contribution in [2.75, 3.05) is 0 Å². The van der Waals surface area contributed by atoms with Crippen molar-refractivity contribution in [3.63, 3.8) is 0 Å². The zero-order valence-corrected chi connectivity index (χ0v) is 17.9. The Hall–Kier alpha value is -3.00. The van der Waals surface area contributed by atoms with Crippen LogP contribution in [0.25, 0.3) is 11.8 Å². The molecule has 7 nitrogen and oxygen atoms in total. The summed E-state index contributed by atoms with van der Waals surface area (Å²) in [6.45, 7) is 3.94. The number of hydrogen-bond acceptors (Lipinski definition) is 4. The van der Waals surface area contributed by atoms with E-state index in [9.17, 15) is 14.9 Å². The van der Waals surface area contributed by atoms with E-state index < -0.39 is 4.92 Å². The minimum Gasteiger partial charge on any atom is -0.328 e. The van der Waals surface area contributed by atoms with E-state index in [2.05, 4.69) is 5.32 Å². The molecule has 1 aromatic carbocycles. The fraction of sp³-hybridized carbons (Fsp3) is 0.364. The molecule has 30 heavy (non-hydrogen) atoms. The fourth-order valence-corrected chi connectivity index (χ4v) is 4.77. The van der Waals surface area contributed by atoms with Crippen LogP contribution in [0.3, 0.4) is 0 Å². The summed E-state index contributed by atoms with van der Waals surface area (Å²) in [5.41, 5.74) is 4.23. The number of hydrogen-bond donors (Lipinski definition) is 1. The predicted octanol–water partition coefficient (Wildman–Crippen LogP) is 4.39. The van der Waals surface area contributed by atoms with Crippen LogP contribution in [0.4, 0.5) is 5.69 Å². The average Bonchev–Trinajstić information content (AvgIpc) is 3.17. The van der Waals surface area contributed by atoms with Crippen LogP contribution in [0.15, 0.2) is 36.0 Å². The molecule has 4 rings (SSSR count). The van der Waals surface area contributed by atoms with Gasteiger partial charge in [-0.15, -0.1) is 0 Å². The highest BCUT2D eigenvalue weighted by Gasteiger charge is 2.36. The molecule has 1 aliphatic carbocycles. The van der Waals surface area contributed by atoms with E-state index in [-0.39, 0.29) is 17.6 Å². The lowest BCUT2D eigenvalue weighted by Crippen LogP contribution is -2.41. The molecule has 156 valence electrons. The minimum absolute atomic E-state index is 0.0561. The van der Waals surface area contributed by atoms with Crippen molar-refractivity contribution in [3.05, 3.63) is 63.1 Å². The zero-order valence-electron chi connectivity index (χ0n) is 17.1. The number of nitro benzene ring substituents is 1. The second-order valence-electron chi connectivity index (χ2n) is 7.89. The number of thiocarbonyl (C=S) groups is 1. The first-order valence-corrected chi connectivity index (χ1v) is 10.6. The minimum atomic E-state index is -0.409. The van der Waals surface area contributed by atoms with Crippen LogP contribution in [-0.2, 0) is 4.79 Å². The van der Waals surface area contributed by atoms with Gasteiger partial charge in [-0.25, -0.2) is 0 Å². The maximum Gasteiger partial charge on any atom is 0.276 e. The second-order valence-corrected chi connectivity index (χ2v) is 8.28. The Morgan fingerprint density at radius 1 is 1.17 bits per heavy atom. The van der Waals surface area contributed by atoms with Crippen molar-refractivity contribution in [1.29, 1.82) is 0 Å². The fourth-order valence-electron chi connectivity index (χ4n) is 4.43. The lowest BCUT2D eigenvalue weighted by atomic mass is 9.94. The molecule has 0 atom stereocenters. The van der Waals surface area contributed by atoms with Crippen molar-refractivity contribution in [3.8, 4) is 5.69 Å². The summed E-state index contributed by atoms with van der Waals surface area (Å²) in [5.74, 6) is -0.0629. The number of non-ortho nitro benzene ring substituents is 1. The van der Waals surface area contributed by atoms with Gasteiger partial charge < -0.3 is 9.88 Å². The van der Waals surface area contributed by atoms with Crippen LogP contribution in [-0.4, -0.2) is 31.5 Å². The van der Waals surface area contributed by atoms with E-state index in [4.69, 9.17) is 12.2 Å². The highest BCUT2D eigenvalue weighted by molar-refractivity contribution is 7.80. The largest absolute Gasteiger partial charge is 0.328 e. The first-order chi connectivity index (χ1) is 14.4. The van der Waals surface area contributed by atoms with Gasteiger partial charge >= 0.3 is 0 Å². The number of aryl methyl sites for hydroxylation is 1. The van der Waals surface area contributed by atoms with Gasteiger partial charge in [-0.2, -0.15) is 0 Å². The number of nitro groups is 1. The molecule has 1 saturated carbocycles. The van der Waals surface area contributed by atoms with Gasteiger partial charge in [0.2, 0.25) is 0 Å². The topological polar surface area (TPSA) is 80.4 Å². The Bertz CT molecular complexity index is 1050. The number of rotatable bonds is 4. The van der Waals surface area contributed by atoms with Gasteiger partial charge in [0.1, 0.15) is 5.70 Å². The van der Waals surface area contributed by atoms with Crippen molar-refractivity contribution in [2.24, 2.45) is 0 Å². The molecule has 1 aliphatic heterocycles. The van der Waals surface area contributed by atoms with Crippen molar-refractivity contribution in [1.82, 2.24) is 14.8 Å². The lowest BCUT2D eigenvalue weighted by molar-refractivity contribution is -0.384. The van der Waals surface area contributed by atoms with Gasteiger partial charge in [-0.3, -0.25) is 19.8 Å². The SMILES string of the molecule is Cc1cc(C=C2NC(=S)N(C3CCCCC3)C2=O)c(C)n1-c1ccc([N+](=O)[O-])cc1. The smallest absolute Gasteiger partial charge is 0.276 e. The number of nitrogens with zero attached hydrogens (tertiary/aromatic N) is 3. The molecule has 0 unspecified atom stereocenters. The molecular formula is C22H24N4O3S. The van der Waals surface area contributed by atoms with E-state index >= 15 is 0 Å². The number of amides is 1. The Balaban J connectivity index is 1.63. The summed E-state index contributed by atoms with van der Waals surface area (Å²) in [7, 11) is 0. The molecule has 2 fully saturated rings. The monoisotopic (exact) mass is 424 g/mol. The zero-order chi connectivity index (χ0) is 21.4. The van der Waals surface area contributed by atoms with Gasteiger partial charge in [0.25, 0.3) is 11.6 Å². The number of aromatic nitrogens is 1. The highest BCUT2D eigenvalue weighted by atomic mass is 32.1. The third kappa shape index (κ3) is 3.63. The highest BCUT2D eigenvalue weighted by Crippen LogP contribution is 2.28. The number of carbonyl (C=O) groups excluding carboxylic acids is 1. The molecule has 1 saturated heterocycles. The molecule has 1 amide bonds. The lowest BCUT2D eigenvalue weighted by Gasteiger charge is -2.29. The Morgan fingerprint density at radius 3 is 2.47 bits per heavy atom. The Morgan fingerprint density at radius 2 is 1.83 bits per heavy atom. The van der Waals surface area contributed by atoms with Crippen LogP contribution < -0.4 is 5.32 Å². The Labute approximate surface area is 180 Å². The standard InChI is InChI=1S/C22H24N4O3S/c1-14-12-16(15(2)24(14)18-8-10-19(11-9-18)26(28)29)13-20-21(27)25(22(30)23-20)17-6-4-3-5-7-17/h8-13,17H,3-7H2,1-2H3,(H,23,30). The van der Waals surface area contributed by atoms with E-state index in [0.29, 0.717) is 10.8 Å². The van der Waals surface area contributed by atoms with Gasteiger partial charge in [0.15, 0.2) is 5.11 Å². The Kier molecular flexibility index (Phi) is 5.42. The van der Waals surface area contributed by atoms with Crippen molar-refractivity contribution >= 4 is 35.0 Å². The summed E-state index contributed by atoms with van der Waals surface area (Å²) >= 11 is 5.46. The summed E-state index contributed by atoms with van der Waals surface area (Å²) in [4.78, 5) is 25.3. The summed E-state index contributed by atoms with van der Waals surface area (Å²) < 4.78 is 2.02. The van der Waals surface area contributed by atoms with Crippen molar-refractivity contribution in [2.45, 2.75) is 52.0 Å². The van der Waals surface area contributed by atoms with Gasteiger partial charge in [0.05, 0.1) is 4.92 Å². The van der Waals surface area contributed by atoms with Crippen LogP contribution in [0.5, 0.6) is 0 Å². The van der Waals surface area contributed by atoms with Crippen LogP contribution in [0.2, 0.25) is 0 Å². The van der Waals surface area contributed by atoms with Gasteiger partial charge in [-0.1, -0.05) is 19.3 Å². The first-order valence-electron chi connectivity index (χ1n) is 10.2. The van der Waals surface area contributed by atoms with E-state index in [1.54, 1.807) is 17.0 Å². The van der Waals surface area contributed by atoms with Crippen LogP contribution in [0, 0.1) is 24.0 Å². The molecule has 2 heterocycles. The maximum atomic E-state index is 13.0. The molecular weight excluding hydrogens is 400 g/mol. The van der Waals surface area contributed by atoms with E-state index in [0.717, 1.165) is 48.3 Å². The third-order valence-electron chi connectivity index (χ3n) is 5.94. The molecule has 1 N–H and O–H groups in total. The van der Waals surface area contributed by atoms with Gasteiger partial charge in [-0.05, 0) is 68.7 Å². The molecule has 1 aromatic heterocycles. The molecule has 8 heteroatoms. The average molecular weight is 425 g/mol. The normalized spacial score (nSPS) is 18.9. The number of carbonyl (C=O) groups is 1. The number of nitrogens with one attached hydrogen (secondary N) is 1. The first kappa shape index (κ1) is 20.3. The number of benzene rings is 1. The molecule has 2 aliphatic rings. The molecule has 0 radical (unpaired) electrons. The quantitative estimate of drug-likeness (QED) is 0.341. The van der Waals surface area contributed by atoms with E-state index in [1.807, 2.05) is 30.6 Å². The molecule has 0 spiro atoms. The van der Waals surface area contributed by atoms with Gasteiger partial charge in [0, 0.05) is 35.2 Å².